The van der Waals surface area contributed by atoms with Crippen LogP contribution in [0.2, 0.25) is 0 Å². The summed E-state index contributed by atoms with van der Waals surface area (Å²) in [5.74, 6) is 1.30. The van der Waals surface area contributed by atoms with Gasteiger partial charge in [0.2, 0.25) is 0 Å². The highest BCUT2D eigenvalue weighted by Crippen LogP contribution is 2.30. The summed E-state index contributed by atoms with van der Waals surface area (Å²) >= 11 is 0. The zero-order chi connectivity index (χ0) is 9.97. The smallest absolute Gasteiger partial charge is 0.0112 e. The Kier molecular flexibility index (Phi) is 2.92. The fraction of sp³-hybridized carbons (Fsp3) is 0.667. The van der Waals surface area contributed by atoms with E-state index in [0.717, 1.165) is 24.6 Å². The third-order valence-electron chi connectivity index (χ3n) is 3.42. The first kappa shape index (κ1) is 9.78. The maximum Gasteiger partial charge on any atom is 0.0112 e. The van der Waals surface area contributed by atoms with Crippen LogP contribution < -0.4 is 11.1 Å². The van der Waals surface area contributed by atoms with Crippen molar-refractivity contribution in [1.29, 1.82) is 0 Å². The van der Waals surface area contributed by atoms with Crippen LogP contribution in [0.3, 0.4) is 0 Å². The summed E-state index contributed by atoms with van der Waals surface area (Å²) < 4.78 is 0. The molecule has 1 aliphatic carbocycles. The van der Waals surface area contributed by atoms with Crippen LogP contribution in [0.15, 0.2) is 23.4 Å². The molecule has 1 aliphatic heterocycles. The summed E-state index contributed by atoms with van der Waals surface area (Å²) in [5, 5.41) is 3.47. The van der Waals surface area contributed by atoms with Crippen LogP contribution in [0.1, 0.15) is 26.2 Å². The van der Waals surface area contributed by atoms with E-state index in [2.05, 4.69) is 24.4 Å². The number of rotatable bonds is 1. The molecule has 0 saturated carbocycles. The van der Waals surface area contributed by atoms with Crippen LogP contribution in [0, 0.1) is 11.8 Å². The molecular weight excluding hydrogens is 172 g/mol. The van der Waals surface area contributed by atoms with Gasteiger partial charge in [-0.05, 0) is 43.7 Å². The maximum atomic E-state index is 5.87. The number of piperidine rings is 1. The van der Waals surface area contributed by atoms with Gasteiger partial charge in [0, 0.05) is 12.2 Å². The van der Waals surface area contributed by atoms with Gasteiger partial charge in [0.05, 0.1) is 0 Å². The molecule has 14 heavy (non-hydrogen) atoms. The average molecular weight is 192 g/mol. The van der Waals surface area contributed by atoms with E-state index in [1.165, 1.54) is 19.4 Å². The summed E-state index contributed by atoms with van der Waals surface area (Å²) in [6.07, 6.45) is 8.16. The van der Waals surface area contributed by atoms with Crippen LogP contribution >= 0.6 is 0 Å². The minimum Gasteiger partial charge on any atom is -0.402 e. The quantitative estimate of drug-likeness (QED) is 0.665. The first-order valence-corrected chi connectivity index (χ1v) is 5.64. The normalized spacial score (nSPS) is 33.5. The van der Waals surface area contributed by atoms with Crippen molar-refractivity contribution in [3.8, 4) is 0 Å². The lowest BCUT2D eigenvalue weighted by Crippen LogP contribution is -2.32. The van der Waals surface area contributed by atoms with Crippen molar-refractivity contribution < 1.29 is 0 Å². The Balaban J connectivity index is 2.04. The third-order valence-corrected chi connectivity index (χ3v) is 3.42. The molecule has 0 aromatic carbocycles. The maximum absolute atomic E-state index is 5.87. The fourth-order valence-electron chi connectivity index (χ4n) is 2.38. The lowest BCUT2D eigenvalue weighted by molar-refractivity contribution is 0.403. The van der Waals surface area contributed by atoms with Crippen LogP contribution in [0.25, 0.3) is 0 Å². The van der Waals surface area contributed by atoms with E-state index in [-0.39, 0.29) is 0 Å². The molecule has 1 unspecified atom stereocenters. The van der Waals surface area contributed by atoms with Gasteiger partial charge in [-0.3, -0.25) is 0 Å². The lowest BCUT2D eigenvalue weighted by atomic mass is 9.82. The zero-order valence-electron chi connectivity index (χ0n) is 8.92. The first-order valence-electron chi connectivity index (χ1n) is 5.64. The standard InChI is InChI=1S/C12H20N2/c1-9-7-10(4-5-12(9)13)11-3-2-6-14-8-11/h4-5,9,11,14H,2-3,6-8,13H2,1H3/t9?,11-/m1/s1. The van der Waals surface area contributed by atoms with Gasteiger partial charge in [0.25, 0.3) is 0 Å². The molecule has 3 N–H and O–H groups in total. The summed E-state index contributed by atoms with van der Waals surface area (Å²) in [6.45, 7) is 4.57. The molecule has 2 aliphatic rings. The molecule has 2 nitrogen and oxygen atoms in total. The second kappa shape index (κ2) is 4.18. The van der Waals surface area contributed by atoms with Crippen molar-refractivity contribution in [3.05, 3.63) is 23.4 Å². The molecule has 0 radical (unpaired) electrons. The monoisotopic (exact) mass is 192 g/mol. The zero-order valence-corrected chi connectivity index (χ0v) is 8.92. The Morgan fingerprint density at radius 3 is 2.93 bits per heavy atom. The average Bonchev–Trinajstić information content (AvgIpc) is 2.23. The molecule has 2 atom stereocenters. The van der Waals surface area contributed by atoms with Crippen molar-refractivity contribution in [2.75, 3.05) is 13.1 Å². The van der Waals surface area contributed by atoms with Gasteiger partial charge in [-0.25, -0.2) is 0 Å². The second-order valence-corrected chi connectivity index (χ2v) is 4.56. The Hall–Kier alpha value is -0.760. The van der Waals surface area contributed by atoms with Gasteiger partial charge >= 0.3 is 0 Å². The van der Waals surface area contributed by atoms with Gasteiger partial charge in [-0.15, -0.1) is 0 Å². The predicted octanol–water partition coefficient (Wildman–Crippen LogP) is 1.79. The summed E-state index contributed by atoms with van der Waals surface area (Å²) in [7, 11) is 0. The number of nitrogens with one attached hydrogen (secondary N) is 1. The molecule has 0 bridgehead atoms. The van der Waals surface area contributed by atoms with Crippen molar-refractivity contribution in [2.24, 2.45) is 17.6 Å². The summed E-state index contributed by atoms with van der Waals surface area (Å²) in [6, 6.07) is 0. The minimum atomic E-state index is 0.539. The molecule has 0 aromatic heterocycles. The summed E-state index contributed by atoms with van der Waals surface area (Å²) in [4.78, 5) is 0. The number of hydrogen-bond acceptors (Lipinski definition) is 2. The Bertz CT molecular complexity index is 259. The highest BCUT2D eigenvalue weighted by atomic mass is 14.9. The SMILES string of the molecule is CC1CC([C@@H]2CCCNC2)=CC=C1N. The number of hydrogen-bond donors (Lipinski definition) is 2. The van der Waals surface area contributed by atoms with Gasteiger partial charge in [0.1, 0.15) is 0 Å². The van der Waals surface area contributed by atoms with Gasteiger partial charge < -0.3 is 11.1 Å². The minimum absolute atomic E-state index is 0.539. The first-order chi connectivity index (χ1) is 6.77. The largest absolute Gasteiger partial charge is 0.402 e. The van der Waals surface area contributed by atoms with Gasteiger partial charge in [0.15, 0.2) is 0 Å². The van der Waals surface area contributed by atoms with Crippen LogP contribution in [-0.4, -0.2) is 13.1 Å². The highest BCUT2D eigenvalue weighted by molar-refractivity contribution is 5.26. The van der Waals surface area contributed by atoms with E-state index < -0.39 is 0 Å². The van der Waals surface area contributed by atoms with Crippen LogP contribution in [0.4, 0.5) is 0 Å². The number of nitrogens with two attached hydrogens (primary N) is 1. The topological polar surface area (TPSA) is 38.0 Å². The Morgan fingerprint density at radius 2 is 2.29 bits per heavy atom. The molecule has 78 valence electrons. The molecule has 1 fully saturated rings. The van der Waals surface area contributed by atoms with Crippen molar-refractivity contribution >= 4 is 0 Å². The molecule has 0 amide bonds. The molecule has 1 saturated heterocycles. The predicted molar refractivity (Wildman–Crippen MR) is 59.7 cm³/mol. The molecule has 2 heteroatoms. The summed E-state index contributed by atoms with van der Waals surface area (Å²) in [5.41, 5.74) is 8.51. The molecule has 1 heterocycles. The molecular formula is C12H20N2. The van der Waals surface area contributed by atoms with Crippen LogP contribution in [-0.2, 0) is 0 Å². The number of allylic oxidation sites excluding steroid dienone is 3. The van der Waals surface area contributed by atoms with E-state index in [1.807, 2.05) is 0 Å². The van der Waals surface area contributed by atoms with Crippen LogP contribution in [0.5, 0.6) is 0 Å². The van der Waals surface area contributed by atoms with Crippen molar-refractivity contribution in [2.45, 2.75) is 26.2 Å². The second-order valence-electron chi connectivity index (χ2n) is 4.56. The van der Waals surface area contributed by atoms with E-state index >= 15 is 0 Å². The van der Waals surface area contributed by atoms with Crippen molar-refractivity contribution in [1.82, 2.24) is 5.32 Å². The Labute approximate surface area is 86.3 Å². The Morgan fingerprint density at radius 1 is 1.43 bits per heavy atom. The van der Waals surface area contributed by atoms with E-state index in [4.69, 9.17) is 5.73 Å². The van der Waals surface area contributed by atoms with Gasteiger partial charge in [-0.2, -0.15) is 0 Å². The van der Waals surface area contributed by atoms with E-state index in [1.54, 1.807) is 5.57 Å². The molecule has 2 rings (SSSR count). The lowest BCUT2D eigenvalue weighted by Gasteiger charge is -2.29. The molecule has 0 spiro atoms. The molecule has 0 aromatic rings. The van der Waals surface area contributed by atoms with E-state index in [0.29, 0.717) is 5.92 Å². The van der Waals surface area contributed by atoms with E-state index in [9.17, 15) is 0 Å². The third kappa shape index (κ3) is 2.01. The highest BCUT2D eigenvalue weighted by Gasteiger charge is 2.21. The van der Waals surface area contributed by atoms with Crippen molar-refractivity contribution in [3.63, 3.8) is 0 Å². The fourth-order valence-corrected chi connectivity index (χ4v) is 2.38. The van der Waals surface area contributed by atoms with Gasteiger partial charge in [-0.1, -0.05) is 18.6 Å².